The maximum Gasteiger partial charge on any atom is 0.457 e. The summed E-state index contributed by atoms with van der Waals surface area (Å²) in [6, 6.07) is 0. The van der Waals surface area contributed by atoms with Gasteiger partial charge in [-0.05, 0) is 27.7 Å². The zero-order chi connectivity index (χ0) is 11.9. The summed E-state index contributed by atoms with van der Waals surface area (Å²) in [6.45, 7) is 6.97. The summed E-state index contributed by atoms with van der Waals surface area (Å²) in [4.78, 5) is 30.6. The van der Waals surface area contributed by atoms with Gasteiger partial charge in [0, 0.05) is 0 Å². The zero-order valence-corrected chi connectivity index (χ0v) is 9.25. The van der Waals surface area contributed by atoms with Crippen LogP contribution in [-0.2, 0) is 14.5 Å². The second-order valence-electron chi connectivity index (χ2n) is 3.54. The van der Waals surface area contributed by atoms with Gasteiger partial charge in [0.15, 0.2) is 0 Å². The van der Waals surface area contributed by atoms with E-state index in [1.165, 1.54) is 0 Å². The highest BCUT2D eigenvalue weighted by Gasteiger charge is 2.15. The molecule has 2 amide bonds. The molecule has 0 atom stereocenters. The number of rotatable bonds is 2. The van der Waals surface area contributed by atoms with E-state index in [-0.39, 0.29) is 6.61 Å². The van der Waals surface area contributed by atoms with Gasteiger partial charge in [0.1, 0.15) is 5.60 Å². The van der Waals surface area contributed by atoms with Crippen LogP contribution in [0.4, 0.5) is 9.59 Å². The van der Waals surface area contributed by atoms with E-state index < -0.39 is 17.8 Å². The second kappa shape index (κ2) is 6.07. The number of hydrazine groups is 1. The van der Waals surface area contributed by atoms with Gasteiger partial charge in [-0.2, -0.15) is 4.89 Å². The minimum Gasteiger partial charge on any atom is -0.449 e. The van der Waals surface area contributed by atoms with Gasteiger partial charge in [-0.1, -0.05) is 0 Å². The third-order valence-electron chi connectivity index (χ3n) is 0.909. The summed E-state index contributed by atoms with van der Waals surface area (Å²) in [5.41, 5.74) is 3.27. The molecule has 0 rings (SSSR count). The van der Waals surface area contributed by atoms with Gasteiger partial charge < -0.3 is 4.74 Å². The lowest BCUT2D eigenvalue weighted by Gasteiger charge is -2.16. The number of carbonyl (C=O) groups excluding carboxylic acids is 2. The van der Waals surface area contributed by atoms with Crippen molar-refractivity contribution in [1.82, 2.24) is 10.9 Å². The molecule has 2 N–H and O–H groups in total. The molecule has 0 aromatic heterocycles. The highest BCUT2D eigenvalue weighted by atomic mass is 17.2. The molecule has 0 fully saturated rings. The molecule has 0 heterocycles. The standard InChI is InChI=1S/C8H16N2O5/c1-5-13-6(11)9-10-7(12)14-15-8(2,3)4/h5H2,1-4H3,(H,9,11)(H,10,12). The first-order chi connectivity index (χ1) is 6.85. The lowest BCUT2D eigenvalue weighted by Crippen LogP contribution is -2.43. The van der Waals surface area contributed by atoms with Crippen molar-refractivity contribution in [3.63, 3.8) is 0 Å². The predicted octanol–water partition coefficient (Wildman–Crippen LogP) is 1.10. The maximum absolute atomic E-state index is 10.9. The molecule has 88 valence electrons. The van der Waals surface area contributed by atoms with Crippen LogP contribution in [0.5, 0.6) is 0 Å². The number of hydrogen-bond acceptors (Lipinski definition) is 5. The molecule has 15 heavy (non-hydrogen) atoms. The molecule has 0 spiro atoms. The van der Waals surface area contributed by atoms with Crippen LogP contribution in [0.3, 0.4) is 0 Å². The van der Waals surface area contributed by atoms with Gasteiger partial charge in [-0.3, -0.25) is 4.89 Å². The predicted molar refractivity (Wildman–Crippen MR) is 50.6 cm³/mol. The Kier molecular flexibility index (Phi) is 5.46. The van der Waals surface area contributed by atoms with Crippen molar-refractivity contribution in [3.8, 4) is 0 Å². The molecule has 0 bridgehead atoms. The quantitative estimate of drug-likeness (QED) is 0.537. The van der Waals surface area contributed by atoms with Crippen molar-refractivity contribution in [3.05, 3.63) is 0 Å². The third-order valence-corrected chi connectivity index (χ3v) is 0.909. The molecule has 7 heteroatoms. The molecule has 0 aromatic carbocycles. The first-order valence-electron chi connectivity index (χ1n) is 4.43. The van der Waals surface area contributed by atoms with Gasteiger partial charge in [0.25, 0.3) is 0 Å². The molecule has 0 radical (unpaired) electrons. The first-order valence-corrected chi connectivity index (χ1v) is 4.43. The lowest BCUT2D eigenvalue weighted by atomic mass is 10.2. The second-order valence-corrected chi connectivity index (χ2v) is 3.54. The molecule has 7 nitrogen and oxygen atoms in total. The fourth-order valence-electron chi connectivity index (χ4n) is 0.453. The summed E-state index contributed by atoms with van der Waals surface area (Å²) in [6.07, 6.45) is -1.71. The van der Waals surface area contributed by atoms with Crippen molar-refractivity contribution in [2.75, 3.05) is 6.61 Å². The summed E-state index contributed by atoms with van der Waals surface area (Å²) < 4.78 is 4.48. The average Bonchev–Trinajstić information content (AvgIpc) is 2.11. The van der Waals surface area contributed by atoms with Gasteiger partial charge in [0.05, 0.1) is 6.61 Å². The van der Waals surface area contributed by atoms with E-state index in [1.54, 1.807) is 27.7 Å². The summed E-state index contributed by atoms with van der Waals surface area (Å²) in [5, 5.41) is 0. The Labute approximate surface area is 88.0 Å². The summed E-state index contributed by atoms with van der Waals surface area (Å²) in [7, 11) is 0. The summed E-state index contributed by atoms with van der Waals surface area (Å²) in [5.74, 6) is 0. The summed E-state index contributed by atoms with van der Waals surface area (Å²) >= 11 is 0. The van der Waals surface area contributed by atoms with E-state index in [2.05, 4.69) is 14.5 Å². The Morgan fingerprint density at radius 1 is 1.13 bits per heavy atom. The van der Waals surface area contributed by atoms with Crippen LogP contribution in [0.2, 0.25) is 0 Å². The van der Waals surface area contributed by atoms with Crippen LogP contribution in [0.25, 0.3) is 0 Å². The van der Waals surface area contributed by atoms with E-state index in [4.69, 9.17) is 0 Å². The molecular weight excluding hydrogens is 204 g/mol. The number of ether oxygens (including phenoxy) is 1. The molecule has 0 unspecified atom stereocenters. The molecule has 0 aliphatic carbocycles. The minimum atomic E-state index is -0.932. The van der Waals surface area contributed by atoms with E-state index in [0.29, 0.717) is 0 Å². The molecular formula is C8H16N2O5. The fourth-order valence-corrected chi connectivity index (χ4v) is 0.453. The number of carbonyl (C=O) groups is 2. The van der Waals surface area contributed by atoms with Crippen LogP contribution in [0.15, 0.2) is 0 Å². The Morgan fingerprint density at radius 2 is 1.67 bits per heavy atom. The van der Waals surface area contributed by atoms with Crippen molar-refractivity contribution < 1.29 is 24.1 Å². The Morgan fingerprint density at radius 3 is 2.13 bits per heavy atom. The van der Waals surface area contributed by atoms with E-state index in [0.717, 1.165) is 0 Å². The highest BCUT2D eigenvalue weighted by Crippen LogP contribution is 2.06. The van der Waals surface area contributed by atoms with Crippen LogP contribution >= 0.6 is 0 Å². The Balaban J connectivity index is 3.62. The van der Waals surface area contributed by atoms with Crippen LogP contribution in [-0.4, -0.2) is 24.4 Å². The monoisotopic (exact) mass is 220 g/mol. The maximum atomic E-state index is 10.9. The third kappa shape index (κ3) is 8.82. The fraction of sp³-hybridized carbons (Fsp3) is 0.750. The number of amides is 2. The van der Waals surface area contributed by atoms with E-state index >= 15 is 0 Å². The van der Waals surface area contributed by atoms with Gasteiger partial charge in [-0.25, -0.2) is 20.4 Å². The lowest BCUT2D eigenvalue weighted by molar-refractivity contribution is -0.300. The largest absolute Gasteiger partial charge is 0.457 e. The van der Waals surface area contributed by atoms with Gasteiger partial charge >= 0.3 is 12.2 Å². The van der Waals surface area contributed by atoms with Crippen molar-refractivity contribution >= 4 is 12.2 Å². The van der Waals surface area contributed by atoms with Crippen molar-refractivity contribution in [2.45, 2.75) is 33.3 Å². The van der Waals surface area contributed by atoms with E-state index in [9.17, 15) is 9.59 Å². The Hall–Kier alpha value is -1.50. The molecule has 0 aliphatic rings. The van der Waals surface area contributed by atoms with Crippen molar-refractivity contribution in [2.24, 2.45) is 0 Å². The van der Waals surface area contributed by atoms with Gasteiger partial charge in [-0.15, -0.1) is 0 Å². The normalized spacial score (nSPS) is 10.4. The van der Waals surface area contributed by atoms with E-state index in [1.807, 2.05) is 10.9 Å². The molecule has 0 saturated carbocycles. The van der Waals surface area contributed by atoms with Crippen LogP contribution in [0, 0.1) is 0 Å². The average molecular weight is 220 g/mol. The first kappa shape index (κ1) is 13.5. The van der Waals surface area contributed by atoms with Crippen molar-refractivity contribution in [1.29, 1.82) is 0 Å². The Bertz CT molecular complexity index is 224. The van der Waals surface area contributed by atoms with Crippen LogP contribution < -0.4 is 10.9 Å². The zero-order valence-electron chi connectivity index (χ0n) is 9.25. The smallest absolute Gasteiger partial charge is 0.449 e. The topological polar surface area (TPSA) is 85.9 Å². The SMILES string of the molecule is CCOC(=O)NNC(=O)OOC(C)(C)C. The van der Waals surface area contributed by atoms with Crippen LogP contribution in [0.1, 0.15) is 27.7 Å². The number of hydrogen-bond donors (Lipinski definition) is 2. The highest BCUT2D eigenvalue weighted by molar-refractivity contribution is 5.73. The molecule has 0 aliphatic heterocycles. The molecule has 0 aromatic rings. The minimum absolute atomic E-state index is 0.209. The number of nitrogens with one attached hydrogen (secondary N) is 2. The van der Waals surface area contributed by atoms with Gasteiger partial charge in [0.2, 0.25) is 0 Å². The molecule has 0 saturated heterocycles.